The van der Waals surface area contributed by atoms with Crippen molar-refractivity contribution in [3.63, 3.8) is 0 Å². The maximum atomic E-state index is 12.9. The molecule has 3 aromatic rings. The zero-order valence-corrected chi connectivity index (χ0v) is 11.3. The van der Waals surface area contributed by atoms with Crippen molar-refractivity contribution in [1.82, 2.24) is 9.97 Å². The van der Waals surface area contributed by atoms with Crippen LogP contribution < -0.4 is 4.74 Å². The second-order valence-electron chi connectivity index (χ2n) is 4.11. The zero-order chi connectivity index (χ0) is 13.8. The van der Waals surface area contributed by atoms with Gasteiger partial charge in [-0.2, -0.15) is 0 Å². The molecular formula is C15H11FN2OS. The molecule has 0 fully saturated rings. The molecule has 0 unspecified atom stereocenters. The second-order valence-corrected chi connectivity index (χ2v) is 4.97. The molecule has 3 nitrogen and oxygen atoms in total. The van der Waals surface area contributed by atoms with Crippen molar-refractivity contribution in [3.8, 4) is 16.5 Å². The normalized spacial score (nSPS) is 10.4. The fraction of sp³-hybridized carbons (Fsp3) is 0.0667. The molecule has 100 valence electrons. The minimum absolute atomic E-state index is 0.246. The SMILES string of the molecule is Fc1ccc(-c2nc(COc3ccccn3)cs2)cc1. The van der Waals surface area contributed by atoms with E-state index in [0.717, 1.165) is 16.3 Å². The molecule has 0 aliphatic carbocycles. The fourth-order valence-corrected chi connectivity index (χ4v) is 2.49. The Morgan fingerprint density at radius 1 is 1.10 bits per heavy atom. The summed E-state index contributed by atoms with van der Waals surface area (Å²) in [5.41, 5.74) is 1.74. The molecule has 2 aromatic heterocycles. The summed E-state index contributed by atoms with van der Waals surface area (Å²) in [6.07, 6.45) is 1.68. The molecule has 2 heterocycles. The van der Waals surface area contributed by atoms with Crippen LogP contribution in [0, 0.1) is 5.82 Å². The smallest absolute Gasteiger partial charge is 0.213 e. The van der Waals surface area contributed by atoms with E-state index in [4.69, 9.17) is 4.74 Å². The summed E-state index contributed by atoms with van der Waals surface area (Å²) in [6, 6.07) is 11.8. The molecule has 0 N–H and O–H groups in total. The van der Waals surface area contributed by atoms with Gasteiger partial charge in [-0.15, -0.1) is 11.3 Å². The number of pyridine rings is 1. The van der Waals surface area contributed by atoms with Crippen LogP contribution in [-0.4, -0.2) is 9.97 Å². The lowest BCUT2D eigenvalue weighted by molar-refractivity contribution is 0.290. The van der Waals surface area contributed by atoms with E-state index in [1.165, 1.54) is 23.5 Å². The highest BCUT2D eigenvalue weighted by Gasteiger charge is 2.05. The number of benzene rings is 1. The summed E-state index contributed by atoms with van der Waals surface area (Å²) in [5.74, 6) is 0.327. The Morgan fingerprint density at radius 2 is 1.95 bits per heavy atom. The van der Waals surface area contributed by atoms with Gasteiger partial charge >= 0.3 is 0 Å². The Morgan fingerprint density at radius 3 is 2.70 bits per heavy atom. The molecule has 0 amide bonds. The van der Waals surface area contributed by atoms with Gasteiger partial charge in [0.1, 0.15) is 17.4 Å². The molecule has 0 aliphatic heterocycles. The summed E-state index contributed by atoms with van der Waals surface area (Å²) in [7, 11) is 0. The first-order valence-electron chi connectivity index (χ1n) is 6.05. The Balaban J connectivity index is 1.69. The van der Waals surface area contributed by atoms with Gasteiger partial charge in [-0.05, 0) is 30.3 Å². The van der Waals surface area contributed by atoms with Crippen LogP contribution in [0.25, 0.3) is 10.6 Å². The number of halogens is 1. The minimum atomic E-state index is -0.246. The van der Waals surface area contributed by atoms with Gasteiger partial charge in [-0.1, -0.05) is 6.07 Å². The van der Waals surface area contributed by atoms with E-state index in [0.29, 0.717) is 12.5 Å². The highest BCUT2D eigenvalue weighted by atomic mass is 32.1. The molecule has 1 aromatic carbocycles. The van der Waals surface area contributed by atoms with Crippen LogP contribution in [0.3, 0.4) is 0 Å². The highest BCUT2D eigenvalue weighted by molar-refractivity contribution is 7.13. The van der Waals surface area contributed by atoms with Crippen LogP contribution in [0.15, 0.2) is 54.0 Å². The van der Waals surface area contributed by atoms with E-state index in [1.54, 1.807) is 24.4 Å². The lowest BCUT2D eigenvalue weighted by Crippen LogP contribution is -1.97. The Labute approximate surface area is 119 Å². The predicted octanol–water partition coefficient (Wildman–Crippen LogP) is 3.92. The molecule has 0 bridgehead atoms. The van der Waals surface area contributed by atoms with E-state index >= 15 is 0 Å². The molecular weight excluding hydrogens is 275 g/mol. The average Bonchev–Trinajstić information content (AvgIpc) is 2.96. The van der Waals surface area contributed by atoms with E-state index < -0.39 is 0 Å². The van der Waals surface area contributed by atoms with Gasteiger partial charge in [-0.25, -0.2) is 14.4 Å². The highest BCUT2D eigenvalue weighted by Crippen LogP contribution is 2.24. The number of rotatable bonds is 4. The van der Waals surface area contributed by atoms with Crippen LogP contribution in [-0.2, 0) is 6.61 Å². The molecule has 20 heavy (non-hydrogen) atoms. The first kappa shape index (κ1) is 12.7. The Bertz CT molecular complexity index is 683. The van der Waals surface area contributed by atoms with Crippen LogP contribution in [0.1, 0.15) is 5.69 Å². The van der Waals surface area contributed by atoms with Gasteiger partial charge in [0, 0.05) is 23.2 Å². The van der Waals surface area contributed by atoms with Crippen molar-refractivity contribution in [1.29, 1.82) is 0 Å². The molecule has 3 rings (SSSR count). The van der Waals surface area contributed by atoms with Gasteiger partial charge < -0.3 is 4.74 Å². The summed E-state index contributed by atoms with van der Waals surface area (Å²) < 4.78 is 18.4. The summed E-state index contributed by atoms with van der Waals surface area (Å²) in [5, 5.41) is 2.78. The number of aromatic nitrogens is 2. The quantitative estimate of drug-likeness (QED) is 0.729. The maximum Gasteiger partial charge on any atom is 0.213 e. The third-order valence-corrected chi connectivity index (χ3v) is 3.59. The number of ether oxygens (including phenoxy) is 1. The first-order valence-corrected chi connectivity index (χ1v) is 6.93. The van der Waals surface area contributed by atoms with E-state index in [2.05, 4.69) is 9.97 Å². The van der Waals surface area contributed by atoms with Crippen LogP contribution >= 0.6 is 11.3 Å². The molecule has 0 spiro atoms. The van der Waals surface area contributed by atoms with E-state index in [9.17, 15) is 4.39 Å². The third-order valence-electron chi connectivity index (χ3n) is 2.65. The lowest BCUT2D eigenvalue weighted by atomic mass is 10.2. The van der Waals surface area contributed by atoms with E-state index in [-0.39, 0.29) is 5.82 Å². The summed E-state index contributed by atoms with van der Waals surface area (Å²) >= 11 is 1.51. The molecule has 0 atom stereocenters. The summed E-state index contributed by atoms with van der Waals surface area (Å²) in [4.78, 5) is 8.55. The third kappa shape index (κ3) is 3.00. The average molecular weight is 286 g/mol. The summed E-state index contributed by atoms with van der Waals surface area (Å²) in [6.45, 7) is 0.370. The van der Waals surface area contributed by atoms with Gasteiger partial charge in [-0.3, -0.25) is 0 Å². The van der Waals surface area contributed by atoms with Crippen molar-refractivity contribution < 1.29 is 9.13 Å². The maximum absolute atomic E-state index is 12.9. The van der Waals surface area contributed by atoms with Gasteiger partial charge in [0.25, 0.3) is 0 Å². The Kier molecular flexibility index (Phi) is 3.69. The van der Waals surface area contributed by atoms with Crippen molar-refractivity contribution >= 4 is 11.3 Å². The van der Waals surface area contributed by atoms with Crippen LogP contribution in [0.4, 0.5) is 4.39 Å². The second kappa shape index (κ2) is 5.79. The number of hydrogen-bond donors (Lipinski definition) is 0. The number of nitrogens with zero attached hydrogens (tertiary/aromatic N) is 2. The van der Waals surface area contributed by atoms with Crippen molar-refractivity contribution in [3.05, 3.63) is 65.6 Å². The van der Waals surface area contributed by atoms with E-state index in [1.807, 2.05) is 17.5 Å². The molecule has 0 saturated heterocycles. The van der Waals surface area contributed by atoms with Gasteiger partial charge in [0.05, 0.1) is 5.69 Å². The fourth-order valence-electron chi connectivity index (χ4n) is 1.68. The largest absolute Gasteiger partial charge is 0.471 e. The van der Waals surface area contributed by atoms with Crippen molar-refractivity contribution in [2.75, 3.05) is 0 Å². The topological polar surface area (TPSA) is 35.0 Å². The van der Waals surface area contributed by atoms with Crippen LogP contribution in [0.5, 0.6) is 5.88 Å². The van der Waals surface area contributed by atoms with Crippen molar-refractivity contribution in [2.24, 2.45) is 0 Å². The standard InChI is InChI=1S/C15H11FN2OS/c16-12-6-4-11(5-7-12)15-18-13(10-20-15)9-19-14-3-1-2-8-17-14/h1-8,10H,9H2. The number of hydrogen-bond acceptors (Lipinski definition) is 4. The predicted molar refractivity (Wildman–Crippen MR) is 76.1 cm³/mol. The molecule has 0 aliphatic rings. The lowest BCUT2D eigenvalue weighted by Gasteiger charge is -2.01. The van der Waals surface area contributed by atoms with Gasteiger partial charge in [0.2, 0.25) is 5.88 Å². The zero-order valence-electron chi connectivity index (χ0n) is 10.5. The first-order chi connectivity index (χ1) is 9.81. The molecule has 5 heteroatoms. The minimum Gasteiger partial charge on any atom is -0.471 e. The monoisotopic (exact) mass is 286 g/mol. The van der Waals surface area contributed by atoms with Crippen LogP contribution in [0.2, 0.25) is 0 Å². The number of thiazole rings is 1. The Hall–Kier alpha value is -2.27. The van der Waals surface area contributed by atoms with Crippen molar-refractivity contribution in [2.45, 2.75) is 6.61 Å². The molecule has 0 saturated carbocycles. The van der Waals surface area contributed by atoms with Gasteiger partial charge in [0.15, 0.2) is 0 Å². The molecule has 0 radical (unpaired) electrons.